The first-order valence-corrected chi connectivity index (χ1v) is 11.9. The quantitative estimate of drug-likeness (QED) is 0.423. The van der Waals surface area contributed by atoms with E-state index in [4.69, 9.17) is 0 Å². The molecule has 0 bridgehead atoms. The van der Waals surface area contributed by atoms with E-state index < -0.39 is 17.8 Å². The van der Waals surface area contributed by atoms with E-state index in [1.54, 1.807) is 35.3 Å². The second-order valence-electron chi connectivity index (χ2n) is 9.15. The molecule has 196 valence electrons. The predicted molar refractivity (Wildman–Crippen MR) is 136 cm³/mol. The Bertz CT molecular complexity index is 1460. The fraction of sp³-hybridized carbons (Fsp3) is 0.269. The van der Waals surface area contributed by atoms with Crippen LogP contribution in [0.25, 0.3) is 16.9 Å². The molecule has 0 saturated carbocycles. The van der Waals surface area contributed by atoms with Gasteiger partial charge < -0.3 is 15.1 Å². The van der Waals surface area contributed by atoms with E-state index in [1.807, 2.05) is 19.2 Å². The minimum Gasteiger partial charge on any atom is -0.368 e. The number of benzene rings is 1. The highest BCUT2D eigenvalue weighted by molar-refractivity contribution is 6.04. The van der Waals surface area contributed by atoms with Crippen LogP contribution in [0.5, 0.6) is 0 Å². The van der Waals surface area contributed by atoms with Crippen LogP contribution in [0.3, 0.4) is 0 Å². The van der Waals surface area contributed by atoms with E-state index in [1.165, 1.54) is 6.07 Å². The number of pyridine rings is 2. The molecule has 1 amide bonds. The summed E-state index contributed by atoms with van der Waals surface area (Å²) in [7, 11) is 2.11. The minimum atomic E-state index is -4.64. The summed E-state index contributed by atoms with van der Waals surface area (Å²) in [4.78, 5) is 24.9. The van der Waals surface area contributed by atoms with Crippen molar-refractivity contribution in [2.24, 2.45) is 0 Å². The number of hydrogen-bond acceptors (Lipinski definition) is 7. The Balaban J connectivity index is 1.36. The van der Waals surface area contributed by atoms with Crippen LogP contribution < -0.4 is 10.2 Å². The molecule has 0 aliphatic carbocycles. The first-order valence-electron chi connectivity index (χ1n) is 11.9. The highest BCUT2D eigenvalue weighted by atomic mass is 19.4. The topological polar surface area (TPSA) is 92.1 Å². The lowest BCUT2D eigenvalue weighted by Crippen LogP contribution is -2.44. The van der Waals surface area contributed by atoms with Gasteiger partial charge in [-0.2, -0.15) is 13.2 Å². The normalized spacial score (nSPS) is 14.5. The van der Waals surface area contributed by atoms with E-state index >= 15 is 0 Å². The molecule has 12 heteroatoms. The molecule has 3 aromatic heterocycles. The van der Waals surface area contributed by atoms with Gasteiger partial charge in [0.15, 0.2) is 0 Å². The van der Waals surface area contributed by atoms with Crippen LogP contribution >= 0.6 is 0 Å². The molecule has 0 radical (unpaired) electrons. The number of nitrogens with one attached hydrogen (secondary N) is 1. The van der Waals surface area contributed by atoms with Gasteiger partial charge in [-0.1, -0.05) is 11.3 Å². The summed E-state index contributed by atoms with van der Waals surface area (Å²) in [6.45, 7) is 5.69. The van der Waals surface area contributed by atoms with Crippen molar-refractivity contribution in [3.8, 4) is 16.9 Å². The average Bonchev–Trinajstić information content (AvgIpc) is 3.40. The summed E-state index contributed by atoms with van der Waals surface area (Å²) in [6, 6.07) is 9.14. The molecule has 1 fully saturated rings. The van der Waals surface area contributed by atoms with Crippen LogP contribution in [0.2, 0.25) is 0 Å². The fourth-order valence-corrected chi connectivity index (χ4v) is 4.18. The molecule has 1 N–H and O–H groups in total. The number of piperazine rings is 1. The zero-order chi connectivity index (χ0) is 26.9. The van der Waals surface area contributed by atoms with Gasteiger partial charge in [0.25, 0.3) is 5.91 Å². The number of aromatic nitrogens is 5. The van der Waals surface area contributed by atoms with E-state index in [-0.39, 0.29) is 5.56 Å². The first kappa shape index (κ1) is 25.3. The molecule has 4 aromatic rings. The van der Waals surface area contributed by atoms with Crippen molar-refractivity contribution in [2.75, 3.05) is 43.4 Å². The minimum absolute atomic E-state index is 0.148. The first-order chi connectivity index (χ1) is 18.2. The average molecular weight is 523 g/mol. The number of hydrogen-bond donors (Lipinski definition) is 1. The van der Waals surface area contributed by atoms with Crippen LogP contribution in [0.15, 0.2) is 61.2 Å². The smallest absolute Gasteiger partial charge is 0.368 e. The number of carbonyl (C=O) groups is 1. The lowest BCUT2D eigenvalue weighted by molar-refractivity contribution is -0.141. The SMILES string of the molecule is Cc1ccc(NC(=O)c2ccnc(C(F)(F)F)c2)cc1-n1cc(-c2cncc(N3CCN(C)CC3)c2)nn1. The van der Waals surface area contributed by atoms with Gasteiger partial charge in [-0.3, -0.25) is 14.8 Å². The zero-order valence-corrected chi connectivity index (χ0v) is 20.8. The van der Waals surface area contributed by atoms with Gasteiger partial charge in [-0.05, 0) is 49.9 Å². The Hall–Kier alpha value is -4.32. The van der Waals surface area contributed by atoms with Crippen LogP contribution in [0, 0.1) is 6.92 Å². The molecule has 0 unspecified atom stereocenters. The van der Waals surface area contributed by atoms with E-state index in [9.17, 15) is 18.0 Å². The maximum atomic E-state index is 13.0. The molecule has 0 spiro atoms. The van der Waals surface area contributed by atoms with E-state index in [0.717, 1.165) is 55.3 Å². The van der Waals surface area contributed by atoms with Gasteiger partial charge in [0.2, 0.25) is 0 Å². The van der Waals surface area contributed by atoms with Crippen molar-refractivity contribution >= 4 is 17.3 Å². The third-order valence-electron chi connectivity index (χ3n) is 6.41. The number of rotatable bonds is 5. The lowest BCUT2D eigenvalue weighted by atomic mass is 10.1. The number of aryl methyl sites for hydroxylation is 1. The predicted octanol–water partition coefficient (Wildman–Crippen LogP) is 4.06. The summed E-state index contributed by atoms with van der Waals surface area (Å²) in [5.74, 6) is -0.682. The van der Waals surface area contributed by atoms with Gasteiger partial charge in [0.1, 0.15) is 11.4 Å². The van der Waals surface area contributed by atoms with Crippen LogP contribution in [0.1, 0.15) is 21.6 Å². The highest BCUT2D eigenvalue weighted by Gasteiger charge is 2.33. The van der Waals surface area contributed by atoms with Crippen molar-refractivity contribution in [1.29, 1.82) is 0 Å². The highest BCUT2D eigenvalue weighted by Crippen LogP contribution is 2.28. The molecule has 1 aliphatic heterocycles. The van der Waals surface area contributed by atoms with Gasteiger partial charge in [-0.25, -0.2) is 4.68 Å². The summed E-state index contributed by atoms with van der Waals surface area (Å²) in [5.41, 5.74) is 3.14. The molecule has 5 rings (SSSR count). The molecule has 9 nitrogen and oxygen atoms in total. The van der Waals surface area contributed by atoms with Gasteiger partial charge in [-0.15, -0.1) is 5.10 Å². The number of carbonyl (C=O) groups excluding carboxylic acids is 1. The van der Waals surface area contributed by atoms with Crippen LogP contribution in [0.4, 0.5) is 24.5 Å². The van der Waals surface area contributed by atoms with Crippen molar-refractivity contribution in [2.45, 2.75) is 13.1 Å². The lowest BCUT2D eigenvalue weighted by Gasteiger charge is -2.33. The van der Waals surface area contributed by atoms with Crippen LogP contribution in [-0.2, 0) is 6.18 Å². The zero-order valence-electron chi connectivity index (χ0n) is 20.8. The molecule has 4 heterocycles. The number of halogens is 3. The Kier molecular flexibility index (Phi) is 6.81. The molecule has 1 aliphatic rings. The largest absolute Gasteiger partial charge is 0.433 e. The molecule has 1 saturated heterocycles. The maximum Gasteiger partial charge on any atom is 0.433 e. The number of nitrogens with zero attached hydrogens (tertiary/aromatic N) is 7. The molecule has 0 atom stereocenters. The summed E-state index contributed by atoms with van der Waals surface area (Å²) in [5, 5.41) is 11.2. The summed E-state index contributed by atoms with van der Waals surface area (Å²) in [6.07, 6.45) is 1.68. The molecule has 1 aromatic carbocycles. The third kappa shape index (κ3) is 5.49. The monoisotopic (exact) mass is 522 g/mol. The van der Waals surface area contributed by atoms with Crippen LogP contribution in [-0.4, -0.2) is 69.0 Å². The Labute approximate surface area is 216 Å². The molecular weight excluding hydrogens is 497 g/mol. The Morgan fingerprint density at radius 3 is 2.58 bits per heavy atom. The number of amides is 1. The summed E-state index contributed by atoms with van der Waals surface area (Å²) < 4.78 is 40.5. The van der Waals surface area contributed by atoms with E-state index in [2.05, 4.69) is 42.4 Å². The van der Waals surface area contributed by atoms with Gasteiger partial charge in [0.05, 0.1) is 23.8 Å². The van der Waals surface area contributed by atoms with Crippen molar-refractivity contribution in [3.63, 3.8) is 0 Å². The molecular formula is C26H25F3N8O. The third-order valence-corrected chi connectivity index (χ3v) is 6.41. The van der Waals surface area contributed by atoms with E-state index in [0.29, 0.717) is 17.1 Å². The number of anilines is 2. The summed E-state index contributed by atoms with van der Waals surface area (Å²) >= 11 is 0. The number of likely N-dealkylation sites (N-methyl/N-ethyl adjacent to an activating group) is 1. The maximum absolute atomic E-state index is 13.0. The Morgan fingerprint density at radius 2 is 1.82 bits per heavy atom. The van der Waals surface area contributed by atoms with Crippen molar-refractivity contribution in [1.82, 2.24) is 29.9 Å². The molecule has 38 heavy (non-hydrogen) atoms. The standard InChI is InChI=1S/C26H25F3N8O/c1-17-3-4-20(32-25(38)18-5-6-31-24(12-18)26(27,28)29)13-23(17)37-16-22(33-34-37)19-11-21(15-30-14-19)36-9-7-35(2)8-10-36/h3-6,11-16H,7-10H2,1-2H3,(H,32,38). The van der Waals surface area contributed by atoms with Gasteiger partial charge in [0, 0.05) is 55.4 Å². The van der Waals surface area contributed by atoms with Crippen molar-refractivity contribution in [3.05, 3.63) is 78.0 Å². The Morgan fingerprint density at radius 1 is 1.03 bits per heavy atom. The fourth-order valence-electron chi connectivity index (χ4n) is 4.18. The van der Waals surface area contributed by atoms with Crippen molar-refractivity contribution < 1.29 is 18.0 Å². The second kappa shape index (κ2) is 10.2. The second-order valence-corrected chi connectivity index (χ2v) is 9.15. The van der Waals surface area contributed by atoms with Gasteiger partial charge >= 0.3 is 6.18 Å². The number of alkyl halides is 3.